The number of fused-ring (bicyclic) bond motifs is 6. The van der Waals surface area contributed by atoms with Gasteiger partial charge in [0.2, 0.25) is 5.89 Å². The van der Waals surface area contributed by atoms with Crippen molar-refractivity contribution in [2.45, 2.75) is 0 Å². The topological polar surface area (TPSA) is 29.3 Å². The molecule has 1 heterocycles. The molecule has 0 radical (unpaired) electrons. The van der Waals surface area contributed by atoms with Crippen LogP contribution in [0.25, 0.3) is 77.1 Å². The highest BCUT2D eigenvalue weighted by Gasteiger charge is 2.20. The molecule has 10 aromatic rings. The first-order valence-corrected chi connectivity index (χ1v) is 17.6. The van der Waals surface area contributed by atoms with Crippen molar-refractivity contribution in [3.63, 3.8) is 0 Å². The van der Waals surface area contributed by atoms with Crippen molar-refractivity contribution in [3.05, 3.63) is 194 Å². The second-order valence-corrected chi connectivity index (χ2v) is 13.2. The van der Waals surface area contributed by atoms with Gasteiger partial charge in [0.1, 0.15) is 5.52 Å². The van der Waals surface area contributed by atoms with Gasteiger partial charge in [0.25, 0.3) is 0 Å². The van der Waals surface area contributed by atoms with Crippen molar-refractivity contribution in [3.8, 4) is 33.7 Å². The van der Waals surface area contributed by atoms with E-state index in [1.165, 1.54) is 33.0 Å². The second kappa shape index (κ2) is 12.4. The minimum Gasteiger partial charge on any atom is -0.436 e. The van der Waals surface area contributed by atoms with E-state index in [1.54, 1.807) is 0 Å². The van der Waals surface area contributed by atoms with E-state index in [0.29, 0.717) is 5.89 Å². The molecule has 0 aliphatic carbocycles. The van der Waals surface area contributed by atoms with Gasteiger partial charge >= 0.3 is 0 Å². The number of para-hydroxylation sites is 1. The molecule has 3 nitrogen and oxygen atoms in total. The summed E-state index contributed by atoms with van der Waals surface area (Å²) in [6.45, 7) is 0. The number of hydrogen-bond donors (Lipinski definition) is 0. The molecule has 244 valence electrons. The van der Waals surface area contributed by atoms with Crippen molar-refractivity contribution < 1.29 is 4.42 Å². The summed E-state index contributed by atoms with van der Waals surface area (Å²) in [5.41, 5.74) is 10.6. The van der Waals surface area contributed by atoms with E-state index in [4.69, 9.17) is 9.40 Å². The lowest BCUT2D eigenvalue weighted by molar-refractivity contribution is 0.620. The van der Waals surface area contributed by atoms with Crippen LogP contribution in [0.4, 0.5) is 17.1 Å². The summed E-state index contributed by atoms with van der Waals surface area (Å²) in [6, 6.07) is 68.7. The van der Waals surface area contributed by atoms with E-state index >= 15 is 0 Å². The molecule has 0 fully saturated rings. The predicted molar refractivity (Wildman–Crippen MR) is 218 cm³/mol. The SMILES string of the molecule is c1ccc(-c2ccc(N(c3ccccc3)c3ccc4cc(-c5cccc6ccccc56)c5ccc6oc(-c7ccccc7)nc6c5c4c3)cc2)cc1. The van der Waals surface area contributed by atoms with E-state index in [-0.39, 0.29) is 0 Å². The Kier molecular flexibility index (Phi) is 7.14. The number of rotatable bonds is 6. The summed E-state index contributed by atoms with van der Waals surface area (Å²) < 4.78 is 6.47. The maximum Gasteiger partial charge on any atom is 0.227 e. The number of oxazole rings is 1. The molecule has 0 aliphatic heterocycles. The Bertz CT molecular complexity index is 2870. The molecular weight excluding hydrogens is 633 g/mol. The molecule has 0 N–H and O–H groups in total. The van der Waals surface area contributed by atoms with E-state index < -0.39 is 0 Å². The first-order chi connectivity index (χ1) is 25.8. The third-order valence-electron chi connectivity index (χ3n) is 10.1. The Morgan fingerprint density at radius 1 is 0.385 bits per heavy atom. The van der Waals surface area contributed by atoms with Gasteiger partial charge in [0.15, 0.2) is 5.58 Å². The lowest BCUT2D eigenvalue weighted by Gasteiger charge is -2.26. The fourth-order valence-corrected chi connectivity index (χ4v) is 7.60. The third-order valence-corrected chi connectivity index (χ3v) is 10.1. The summed E-state index contributed by atoms with van der Waals surface area (Å²) >= 11 is 0. The highest BCUT2D eigenvalue weighted by molar-refractivity contribution is 6.24. The fourth-order valence-electron chi connectivity index (χ4n) is 7.60. The summed E-state index contributed by atoms with van der Waals surface area (Å²) in [6.07, 6.45) is 0. The summed E-state index contributed by atoms with van der Waals surface area (Å²) in [4.78, 5) is 7.54. The summed E-state index contributed by atoms with van der Waals surface area (Å²) in [5, 5.41) is 6.93. The number of aromatic nitrogens is 1. The van der Waals surface area contributed by atoms with Crippen LogP contribution in [0, 0.1) is 0 Å². The zero-order valence-corrected chi connectivity index (χ0v) is 28.3. The summed E-state index contributed by atoms with van der Waals surface area (Å²) in [7, 11) is 0. The van der Waals surface area contributed by atoms with E-state index in [2.05, 4.69) is 169 Å². The van der Waals surface area contributed by atoms with Crippen molar-refractivity contribution in [1.82, 2.24) is 4.98 Å². The van der Waals surface area contributed by atoms with Crippen molar-refractivity contribution >= 4 is 60.5 Å². The molecule has 0 bridgehead atoms. The normalized spacial score (nSPS) is 11.5. The van der Waals surface area contributed by atoms with Crippen LogP contribution in [0.1, 0.15) is 0 Å². The molecule has 0 unspecified atom stereocenters. The smallest absolute Gasteiger partial charge is 0.227 e. The van der Waals surface area contributed by atoms with Crippen LogP contribution in [0.15, 0.2) is 199 Å². The van der Waals surface area contributed by atoms with Gasteiger partial charge in [0.05, 0.1) is 0 Å². The number of hydrogen-bond acceptors (Lipinski definition) is 3. The highest BCUT2D eigenvalue weighted by atomic mass is 16.3. The maximum absolute atomic E-state index is 6.47. The molecule has 0 amide bonds. The van der Waals surface area contributed by atoms with Crippen molar-refractivity contribution in [2.75, 3.05) is 4.90 Å². The van der Waals surface area contributed by atoms with Gasteiger partial charge in [0, 0.05) is 28.0 Å². The van der Waals surface area contributed by atoms with Crippen LogP contribution < -0.4 is 4.90 Å². The monoisotopic (exact) mass is 664 g/mol. The van der Waals surface area contributed by atoms with Gasteiger partial charge in [-0.25, -0.2) is 4.98 Å². The predicted octanol–water partition coefficient (Wildman–Crippen LogP) is 13.8. The van der Waals surface area contributed by atoms with Crippen LogP contribution >= 0.6 is 0 Å². The van der Waals surface area contributed by atoms with Gasteiger partial charge in [-0.15, -0.1) is 0 Å². The Morgan fingerprint density at radius 3 is 1.81 bits per heavy atom. The molecule has 0 atom stereocenters. The zero-order chi connectivity index (χ0) is 34.4. The average Bonchev–Trinajstić information content (AvgIpc) is 3.67. The van der Waals surface area contributed by atoms with Crippen LogP contribution in [-0.2, 0) is 0 Å². The molecule has 0 saturated carbocycles. The molecular formula is C49H32N2O. The van der Waals surface area contributed by atoms with Gasteiger partial charge < -0.3 is 9.32 Å². The molecule has 10 rings (SSSR count). The number of nitrogens with zero attached hydrogens (tertiary/aromatic N) is 2. The van der Waals surface area contributed by atoms with Crippen LogP contribution in [0.2, 0.25) is 0 Å². The minimum absolute atomic E-state index is 0.618. The molecule has 0 spiro atoms. The maximum atomic E-state index is 6.47. The third kappa shape index (κ3) is 5.10. The van der Waals surface area contributed by atoms with Crippen molar-refractivity contribution in [2.24, 2.45) is 0 Å². The highest BCUT2D eigenvalue weighted by Crippen LogP contribution is 2.44. The van der Waals surface area contributed by atoms with E-state index in [1.807, 2.05) is 30.3 Å². The first kappa shape index (κ1) is 29.9. The molecule has 1 aromatic heterocycles. The molecule has 9 aromatic carbocycles. The van der Waals surface area contributed by atoms with E-state index in [0.717, 1.165) is 55.3 Å². The summed E-state index contributed by atoms with van der Waals surface area (Å²) in [5.74, 6) is 0.618. The standard InChI is InChI=1S/C49H32N2O/c1-4-13-33(14-5-1)34-23-26-39(27-24-34)51(38-19-8-3-9-20-38)40-28-25-37-31-45(42-22-12-18-35-15-10-11-21-41(35)42)43-29-30-46-48(47(43)44(37)32-40)50-49(52-46)36-16-6-2-7-17-36/h1-32H. The number of benzene rings is 9. The van der Waals surface area contributed by atoms with Crippen LogP contribution in [0.5, 0.6) is 0 Å². The molecule has 0 aliphatic rings. The van der Waals surface area contributed by atoms with Crippen molar-refractivity contribution in [1.29, 1.82) is 0 Å². The van der Waals surface area contributed by atoms with Gasteiger partial charge in [-0.1, -0.05) is 127 Å². The van der Waals surface area contributed by atoms with Gasteiger partial charge in [-0.3, -0.25) is 0 Å². The zero-order valence-electron chi connectivity index (χ0n) is 28.3. The Labute approximate surface area is 301 Å². The van der Waals surface area contributed by atoms with Gasteiger partial charge in [-0.05, 0) is 116 Å². The lowest BCUT2D eigenvalue weighted by Crippen LogP contribution is -2.09. The number of anilines is 3. The van der Waals surface area contributed by atoms with Crippen LogP contribution in [0.3, 0.4) is 0 Å². The molecule has 0 saturated heterocycles. The Morgan fingerprint density at radius 2 is 1.02 bits per heavy atom. The quantitative estimate of drug-likeness (QED) is 0.166. The molecule has 52 heavy (non-hydrogen) atoms. The molecule has 3 heteroatoms. The largest absolute Gasteiger partial charge is 0.436 e. The second-order valence-electron chi connectivity index (χ2n) is 13.2. The average molecular weight is 665 g/mol. The van der Waals surface area contributed by atoms with E-state index in [9.17, 15) is 0 Å². The minimum atomic E-state index is 0.618. The first-order valence-electron chi connectivity index (χ1n) is 17.6. The Hall–Kier alpha value is -6.97. The Balaban J connectivity index is 1.23. The van der Waals surface area contributed by atoms with Gasteiger partial charge in [-0.2, -0.15) is 0 Å². The lowest BCUT2D eigenvalue weighted by atomic mass is 9.90. The fraction of sp³-hybridized carbons (Fsp3) is 0. The van der Waals surface area contributed by atoms with Crippen LogP contribution in [-0.4, -0.2) is 4.98 Å².